The number of methoxy groups -OCH3 is 1. The average molecular weight is 473 g/mol. The van der Waals surface area contributed by atoms with Crippen LogP contribution in [-0.4, -0.2) is 46.7 Å². The number of aromatic nitrogens is 2. The van der Waals surface area contributed by atoms with Crippen LogP contribution in [0.4, 0.5) is 13.6 Å². The van der Waals surface area contributed by atoms with Crippen LogP contribution in [0.3, 0.4) is 0 Å². The molecule has 0 spiro atoms. The smallest absolute Gasteiger partial charge is 0.428 e. The standard InChI is InChI=1S/C20H26F2N4O5S/c1-11-13(10-23-24-17(28)31-19(2,3)4)32-16-14(11)15(27)26(12-8-20(21,22)9-12)18(29)25(16)6-7-30-5/h10,12H,6-9H2,1-5H3,(H,24,28)/b23-10+. The molecule has 0 aromatic carbocycles. The van der Waals surface area contributed by atoms with E-state index in [0.29, 0.717) is 15.3 Å². The Morgan fingerprint density at radius 3 is 2.56 bits per heavy atom. The van der Waals surface area contributed by atoms with Crippen LogP contribution in [0.1, 0.15) is 50.1 Å². The summed E-state index contributed by atoms with van der Waals surface area (Å²) in [5, 5.41) is 4.13. The molecule has 32 heavy (non-hydrogen) atoms. The van der Waals surface area contributed by atoms with Crippen molar-refractivity contribution in [1.29, 1.82) is 0 Å². The first kappa shape index (κ1) is 24.1. The van der Waals surface area contributed by atoms with Crippen LogP contribution in [0.2, 0.25) is 0 Å². The third-order valence-electron chi connectivity index (χ3n) is 4.97. The van der Waals surface area contributed by atoms with E-state index in [1.54, 1.807) is 27.7 Å². The number of hydrazone groups is 1. The average Bonchev–Trinajstić information content (AvgIpc) is 2.95. The predicted molar refractivity (Wildman–Crippen MR) is 117 cm³/mol. The summed E-state index contributed by atoms with van der Waals surface area (Å²) in [5.41, 5.74) is 0.856. The van der Waals surface area contributed by atoms with Crippen LogP contribution < -0.4 is 16.7 Å². The lowest BCUT2D eigenvalue weighted by Gasteiger charge is -2.35. The number of nitrogens with one attached hydrogen (secondary N) is 1. The summed E-state index contributed by atoms with van der Waals surface area (Å²) in [6.45, 7) is 7.19. The Labute approximate surface area is 186 Å². The van der Waals surface area contributed by atoms with Gasteiger partial charge in [-0.05, 0) is 33.3 Å². The highest BCUT2D eigenvalue weighted by atomic mass is 32.1. The van der Waals surface area contributed by atoms with Gasteiger partial charge in [0.15, 0.2) is 0 Å². The van der Waals surface area contributed by atoms with Gasteiger partial charge in [0.1, 0.15) is 10.4 Å². The molecule has 9 nitrogen and oxygen atoms in total. The Morgan fingerprint density at radius 1 is 1.34 bits per heavy atom. The number of thiophene rings is 1. The number of hydrogen-bond acceptors (Lipinski definition) is 7. The Morgan fingerprint density at radius 2 is 2.00 bits per heavy atom. The second-order valence-electron chi connectivity index (χ2n) is 8.66. The topological polar surface area (TPSA) is 104 Å². The number of carbonyl (C=O) groups is 1. The first-order valence-electron chi connectivity index (χ1n) is 10.0. The zero-order chi connectivity index (χ0) is 23.8. The van der Waals surface area contributed by atoms with Gasteiger partial charge in [0.25, 0.3) is 11.5 Å². The highest BCUT2D eigenvalue weighted by Crippen LogP contribution is 2.44. The molecule has 176 valence electrons. The van der Waals surface area contributed by atoms with Crippen molar-refractivity contribution >= 4 is 33.9 Å². The third kappa shape index (κ3) is 4.90. The number of alkyl halides is 2. The minimum atomic E-state index is -2.88. The lowest BCUT2D eigenvalue weighted by molar-refractivity contribution is -0.106. The molecule has 1 aliphatic rings. The van der Waals surface area contributed by atoms with E-state index in [1.165, 1.54) is 17.9 Å². The first-order valence-corrected chi connectivity index (χ1v) is 10.8. The van der Waals surface area contributed by atoms with Gasteiger partial charge >= 0.3 is 11.8 Å². The quantitative estimate of drug-likeness (QED) is 0.514. The van der Waals surface area contributed by atoms with E-state index in [0.717, 1.165) is 15.9 Å². The lowest BCUT2D eigenvalue weighted by atomic mass is 9.88. The molecule has 1 amide bonds. The van der Waals surface area contributed by atoms with E-state index < -0.39 is 47.7 Å². The van der Waals surface area contributed by atoms with Crippen molar-refractivity contribution in [2.75, 3.05) is 13.7 Å². The Hall–Kier alpha value is -2.60. The molecular weight excluding hydrogens is 446 g/mol. The summed E-state index contributed by atoms with van der Waals surface area (Å²) in [6.07, 6.45) is -0.473. The largest absolute Gasteiger partial charge is 0.443 e. The zero-order valence-electron chi connectivity index (χ0n) is 18.5. The Balaban J connectivity index is 2.03. The Bertz CT molecular complexity index is 1170. The lowest BCUT2D eigenvalue weighted by Crippen LogP contribution is -2.49. The number of halogens is 2. The van der Waals surface area contributed by atoms with Crippen LogP contribution in [0, 0.1) is 6.92 Å². The summed E-state index contributed by atoms with van der Waals surface area (Å²) in [5.74, 6) is -2.88. The van der Waals surface area contributed by atoms with E-state index in [9.17, 15) is 23.2 Å². The maximum atomic E-state index is 13.4. The molecule has 0 saturated heterocycles. The van der Waals surface area contributed by atoms with E-state index in [4.69, 9.17) is 9.47 Å². The van der Waals surface area contributed by atoms with Gasteiger partial charge in [-0.15, -0.1) is 11.3 Å². The highest BCUT2D eigenvalue weighted by Gasteiger charge is 2.47. The monoisotopic (exact) mass is 472 g/mol. The normalized spacial score (nSPS) is 16.5. The fourth-order valence-electron chi connectivity index (χ4n) is 3.46. The SMILES string of the molecule is COCCn1c(=O)n(C2CC(F)(F)C2)c(=O)c2c(C)c(/C=N/NC(=O)OC(C)(C)C)sc21. The predicted octanol–water partition coefficient (Wildman–Crippen LogP) is 3.01. The molecule has 2 aromatic rings. The molecule has 1 N–H and O–H groups in total. The van der Waals surface area contributed by atoms with E-state index in [1.807, 2.05) is 0 Å². The first-order chi connectivity index (χ1) is 14.8. The van der Waals surface area contributed by atoms with Crippen molar-refractivity contribution in [3.05, 3.63) is 31.3 Å². The molecule has 3 rings (SSSR count). The zero-order valence-corrected chi connectivity index (χ0v) is 19.3. The summed E-state index contributed by atoms with van der Waals surface area (Å²) in [6, 6.07) is -0.853. The second kappa shape index (κ2) is 8.74. The van der Waals surface area contributed by atoms with Crippen molar-refractivity contribution < 1.29 is 23.0 Å². The third-order valence-corrected chi connectivity index (χ3v) is 6.22. The molecule has 0 atom stereocenters. The molecule has 1 aliphatic carbocycles. The van der Waals surface area contributed by atoms with Crippen molar-refractivity contribution in [1.82, 2.24) is 14.6 Å². The van der Waals surface area contributed by atoms with Gasteiger partial charge in [0, 0.05) is 20.0 Å². The van der Waals surface area contributed by atoms with E-state index in [2.05, 4.69) is 10.5 Å². The molecule has 2 aromatic heterocycles. The van der Waals surface area contributed by atoms with Crippen LogP contribution >= 0.6 is 11.3 Å². The number of nitrogens with zero attached hydrogens (tertiary/aromatic N) is 3. The van der Waals surface area contributed by atoms with Gasteiger partial charge in [0.05, 0.1) is 35.7 Å². The van der Waals surface area contributed by atoms with Crippen LogP contribution in [-0.2, 0) is 16.0 Å². The molecule has 0 bridgehead atoms. The van der Waals surface area contributed by atoms with Crippen LogP contribution in [0.15, 0.2) is 14.7 Å². The minimum absolute atomic E-state index is 0.155. The molecule has 1 saturated carbocycles. The number of carbonyl (C=O) groups excluding carboxylic acids is 1. The van der Waals surface area contributed by atoms with E-state index in [-0.39, 0.29) is 18.5 Å². The van der Waals surface area contributed by atoms with Gasteiger partial charge in [-0.1, -0.05) is 0 Å². The van der Waals surface area contributed by atoms with Gasteiger partial charge in [-0.25, -0.2) is 23.8 Å². The summed E-state index contributed by atoms with van der Waals surface area (Å²) < 4.78 is 39.4. The highest BCUT2D eigenvalue weighted by molar-refractivity contribution is 7.20. The minimum Gasteiger partial charge on any atom is -0.443 e. The van der Waals surface area contributed by atoms with Gasteiger partial charge in [0.2, 0.25) is 0 Å². The van der Waals surface area contributed by atoms with Crippen LogP contribution in [0.5, 0.6) is 0 Å². The van der Waals surface area contributed by atoms with Gasteiger partial charge in [-0.3, -0.25) is 13.9 Å². The second-order valence-corrected chi connectivity index (χ2v) is 9.69. The number of ether oxygens (including phenoxy) is 2. The fourth-order valence-corrected chi connectivity index (χ4v) is 4.65. The number of fused-ring (bicyclic) bond motifs is 1. The molecule has 0 unspecified atom stereocenters. The number of hydrogen-bond donors (Lipinski definition) is 1. The van der Waals surface area contributed by atoms with Gasteiger partial charge in [-0.2, -0.15) is 5.10 Å². The summed E-state index contributed by atoms with van der Waals surface area (Å²) in [7, 11) is 1.48. The van der Waals surface area contributed by atoms with Crippen molar-refractivity contribution in [2.45, 2.75) is 64.6 Å². The van der Waals surface area contributed by atoms with Crippen molar-refractivity contribution in [3.63, 3.8) is 0 Å². The molecule has 2 heterocycles. The number of rotatable bonds is 6. The van der Waals surface area contributed by atoms with Crippen molar-refractivity contribution in [2.24, 2.45) is 5.10 Å². The summed E-state index contributed by atoms with van der Waals surface area (Å²) in [4.78, 5) is 38.9. The van der Waals surface area contributed by atoms with Gasteiger partial charge < -0.3 is 9.47 Å². The van der Waals surface area contributed by atoms with Crippen LogP contribution in [0.25, 0.3) is 10.2 Å². The molecular formula is C20H26F2N4O5S. The number of amides is 1. The summed E-state index contributed by atoms with van der Waals surface area (Å²) >= 11 is 1.14. The Kier molecular flexibility index (Phi) is 6.57. The molecule has 0 aliphatic heterocycles. The van der Waals surface area contributed by atoms with Crippen molar-refractivity contribution in [3.8, 4) is 0 Å². The maximum Gasteiger partial charge on any atom is 0.428 e. The molecule has 12 heteroatoms. The maximum absolute atomic E-state index is 13.4. The fraction of sp³-hybridized carbons (Fsp3) is 0.600. The number of aryl methyl sites for hydroxylation is 1. The molecule has 1 fully saturated rings. The molecule has 0 radical (unpaired) electrons. The van der Waals surface area contributed by atoms with E-state index >= 15 is 0 Å².